The Kier molecular flexibility index (Phi) is 2.06. The Bertz CT molecular complexity index is 496. The highest BCUT2D eigenvalue weighted by Crippen LogP contribution is 2.64. The van der Waals surface area contributed by atoms with Crippen molar-refractivity contribution in [3.63, 3.8) is 0 Å². The number of benzene rings is 1. The molecule has 2 nitrogen and oxygen atoms in total. The van der Waals surface area contributed by atoms with Crippen LogP contribution in [0.3, 0.4) is 0 Å². The molecule has 0 amide bonds. The molecule has 90 valence electrons. The average molecular weight is 238 g/mol. The van der Waals surface area contributed by atoms with Gasteiger partial charge in [-0.25, -0.2) is 8.78 Å². The molecule has 4 rings (SSSR count). The second-order valence-corrected chi connectivity index (χ2v) is 5.10. The van der Waals surface area contributed by atoms with Gasteiger partial charge in [-0.3, -0.25) is 4.79 Å². The molecule has 0 spiro atoms. The summed E-state index contributed by atoms with van der Waals surface area (Å²) in [6, 6.07) is 3.31. The molecule has 17 heavy (non-hydrogen) atoms. The van der Waals surface area contributed by atoms with Crippen LogP contribution in [0.2, 0.25) is 0 Å². The van der Waals surface area contributed by atoms with Gasteiger partial charge in [-0.1, -0.05) is 0 Å². The van der Waals surface area contributed by atoms with E-state index in [2.05, 4.69) is 0 Å². The molecule has 3 unspecified atom stereocenters. The van der Waals surface area contributed by atoms with Gasteiger partial charge in [-0.05, 0) is 48.9 Å². The summed E-state index contributed by atoms with van der Waals surface area (Å²) < 4.78 is 27.0. The summed E-state index contributed by atoms with van der Waals surface area (Å²) in [5.74, 6) is -2.29. The van der Waals surface area contributed by atoms with E-state index in [0.717, 1.165) is 24.6 Å². The molecule has 1 N–H and O–H groups in total. The van der Waals surface area contributed by atoms with Crippen molar-refractivity contribution in [1.82, 2.24) is 0 Å². The second-order valence-electron chi connectivity index (χ2n) is 5.10. The third kappa shape index (κ3) is 1.27. The first-order valence-corrected chi connectivity index (χ1v) is 5.73. The third-order valence-electron chi connectivity index (χ3n) is 4.39. The van der Waals surface area contributed by atoms with Crippen molar-refractivity contribution in [3.8, 4) is 0 Å². The van der Waals surface area contributed by atoms with E-state index in [1.165, 1.54) is 0 Å². The Morgan fingerprint density at radius 3 is 2.82 bits per heavy atom. The molecule has 3 aliphatic rings. The zero-order valence-corrected chi connectivity index (χ0v) is 9.12. The lowest BCUT2D eigenvalue weighted by atomic mass is 9.57. The fourth-order valence-corrected chi connectivity index (χ4v) is 3.70. The van der Waals surface area contributed by atoms with Crippen LogP contribution < -0.4 is 0 Å². The van der Waals surface area contributed by atoms with Crippen LogP contribution in [0.1, 0.15) is 24.8 Å². The van der Waals surface area contributed by atoms with Gasteiger partial charge in [-0.15, -0.1) is 0 Å². The molecule has 3 aliphatic carbocycles. The predicted octanol–water partition coefficient (Wildman–Crippen LogP) is 2.72. The second kappa shape index (κ2) is 3.28. The number of carbonyl (C=O) groups is 1. The minimum absolute atomic E-state index is 0.134. The highest BCUT2D eigenvalue weighted by molar-refractivity contribution is 5.75. The Balaban J connectivity index is 2.09. The lowest BCUT2D eigenvalue weighted by Crippen LogP contribution is -2.49. The number of rotatable bonds is 2. The maximum absolute atomic E-state index is 13.8. The standard InChI is InChI=1S/C13H12F2O2/c14-8-1-2-10(15)9(5-8)13-4-3-7(6-13)11(13)12(16)17/h1-2,5,7,11H,3-4,6H2,(H,16,17). The fraction of sp³-hybridized carbons (Fsp3) is 0.462. The van der Waals surface area contributed by atoms with Crippen LogP contribution in [0.4, 0.5) is 8.78 Å². The third-order valence-corrected chi connectivity index (χ3v) is 4.39. The van der Waals surface area contributed by atoms with Crippen molar-refractivity contribution in [2.45, 2.75) is 24.7 Å². The molecule has 2 bridgehead atoms. The summed E-state index contributed by atoms with van der Waals surface area (Å²) in [4.78, 5) is 11.2. The van der Waals surface area contributed by atoms with E-state index in [9.17, 15) is 18.7 Å². The summed E-state index contributed by atoms with van der Waals surface area (Å²) in [6.07, 6.45) is 2.12. The van der Waals surface area contributed by atoms with Gasteiger partial charge in [0.2, 0.25) is 0 Å². The Morgan fingerprint density at radius 1 is 1.41 bits per heavy atom. The van der Waals surface area contributed by atoms with Crippen LogP contribution in [0.25, 0.3) is 0 Å². The zero-order chi connectivity index (χ0) is 12.2. The number of hydrogen-bond donors (Lipinski definition) is 1. The van der Waals surface area contributed by atoms with E-state index in [1.54, 1.807) is 0 Å². The maximum Gasteiger partial charge on any atom is 0.307 e. The van der Waals surface area contributed by atoms with E-state index >= 15 is 0 Å². The summed E-state index contributed by atoms with van der Waals surface area (Å²) in [5.41, 5.74) is -0.415. The zero-order valence-electron chi connectivity index (χ0n) is 9.12. The molecule has 0 radical (unpaired) electrons. The number of aliphatic carboxylic acids is 1. The monoisotopic (exact) mass is 238 g/mol. The fourth-order valence-electron chi connectivity index (χ4n) is 3.70. The van der Waals surface area contributed by atoms with Crippen LogP contribution in [0.15, 0.2) is 18.2 Å². The molecule has 0 heterocycles. The number of hydrogen-bond acceptors (Lipinski definition) is 1. The van der Waals surface area contributed by atoms with Gasteiger partial charge in [0.15, 0.2) is 0 Å². The van der Waals surface area contributed by atoms with Gasteiger partial charge in [0.25, 0.3) is 0 Å². The van der Waals surface area contributed by atoms with Gasteiger partial charge in [-0.2, -0.15) is 0 Å². The lowest BCUT2D eigenvalue weighted by Gasteiger charge is -2.45. The topological polar surface area (TPSA) is 37.3 Å². The number of carboxylic acids is 1. The minimum Gasteiger partial charge on any atom is -0.481 e. The summed E-state index contributed by atoms with van der Waals surface area (Å²) in [6.45, 7) is 0. The highest BCUT2D eigenvalue weighted by atomic mass is 19.1. The first kappa shape index (κ1) is 10.7. The maximum atomic E-state index is 13.8. The molecule has 3 atom stereocenters. The lowest BCUT2D eigenvalue weighted by molar-refractivity contribution is -0.150. The van der Waals surface area contributed by atoms with Gasteiger partial charge in [0.05, 0.1) is 5.92 Å². The smallest absolute Gasteiger partial charge is 0.307 e. The van der Waals surface area contributed by atoms with Crippen LogP contribution in [0, 0.1) is 23.5 Å². The molecule has 0 aliphatic heterocycles. The summed E-state index contributed by atoms with van der Waals surface area (Å²) in [7, 11) is 0. The first-order valence-electron chi connectivity index (χ1n) is 5.73. The minimum atomic E-state index is -0.887. The van der Waals surface area contributed by atoms with Crippen molar-refractivity contribution in [2.24, 2.45) is 11.8 Å². The molecule has 0 aromatic heterocycles. The van der Waals surface area contributed by atoms with E-state index in [1.807, 2.05) is 0 Å². The quantitative estimate of drug-likeness (QED) is 0.860. The summed E-state index contributed by atoms with van der Waals surface area (Å²) in [5, 5.41) is 9.18. The first-order chi connectivity index (χ1) is 8.04. The molecular weight excluding hydrogens is 226 g/mol. The molecule has 4 heteroatoms. The number of fused-ring (bicyclic) bond motifs is 1. The molecule has 1 aromatic carbocycles. The van der Waals surface area contributed by atoms with E-state index in [4.69, 9.17) is 0 Å². The largest absolute Gasteiger partial charge is 0.481 e. The SMILES string of the molecule is O=C(O)C1C2CCC1(c1cc(F)ccc1F)C2. The number of carboxylic acid groups (broad SMARTS) is 1. The van der Waals surface area contributed by atoms with Crippen molar-refractivity contribution in [2.75, 3.05) is 0 Å². The normalized spacial score (nSPS) is 34.5. The molecule has 1 aromatic rings. The summed E-state index contributed by atoms with van der Waals surface area (Å²) >= 11 is 0. The van der Waals surface area contributed by atoms with E-state index in [0.29, 0.717) is 12.8 Å². The Morgan fingerprint density at radius 2 is 2.18 bits per heavy atom. The van der Waals surface area contributed by atoms with Crippen LogP contribution in [0.5, 0.6) is 0 Å². The van der Waals surface area contributed by atoms with Gasteiger partial charge < -0.3 is 5.11 Å². The van der Waals surface area contributed by atoms with Crippen LogP contribution in [-0.2, 0) is 10.2 Å². The van der Waals surface area contributed by atoms with Gasteiger partial charge >= 0.3 is 5.97 Å². The average Bonchev–Trinajstić information content (AvgIpc) is 2.79. The van der Waals surface area contributed by atoms with Crippen LogP contribution >= 0.6 is 0 Å². The van der Waals surface area contributed by atoms with Crippen molar-refractivity contribution < 1.29 is 18.7 Å². The number of halogens is 2. The van der Waals surface area contributed by atoms with Gasteiger partial charge in [0, 0.05) is 5.41 Å². The van der Waals surface area contributed by atoms with Gasteiger partial charge in [0.1, 0.15) is 11.6 Å². The molecule has 0 saturated heterocycles. The van der Waals surface area contributed by atoms with E-state index < -0.39 is 28.9 Å². The molecule has 3 saturated carbocycles. The van der Waals surface area contributed by atoms with E-state index in [-0.39, 0.29) is 11.5 Å². The highest BCUT2D eigenvalue weighted by Gasteiger charge is 2.63. The molecule has 3 fully saturated rings. The van der Waals surface area contributed by atoms with Crippen molar-refractivity contribution >= 4 is 5.97 Å². The Labute approximate surface area is 97.3 Å². The molecular formula is C13H12F2O2. The van der Waals surface area contributed by atoms with Crippen molar-refractivity contribution in [1.29, 1.82) is 0 Å². The van der Waals surface area contributed by atoms with Crippen LogP contribution in [-0.4, -0.2) is 11.1 Å². The Hall–Kier alpha value is -1.45. The predicted molar refractivity (Wildman–Crippen MR) is 56.5 cm³/mol. The van der Waals surface area contributed by atoms with Crippen molar-refractivity contribution in [3.05, 3.63) is 35.4 Å².